The van der Waals surface area contributed by atoms with E-state index in [-0.39, 0.29) is 0 Å². The van der Waals surface area contributed by atoms with Crippen LogP contribution in [0.3, 0.4) is 0 Å². The standard InChI is InChI=1S/C16H21N/c1-5-13-7-6-8-14(9-13)17-15-11-16(3,4)10-12(15)2/h1,6-9,12,15,17H,10-11H2,2-4H3. The molecule has 0 heterocycles. The quantitative estimate of drug-likeness (QED) is 0.755. The fourth-order valence-electron chi connectivity index (χ4n) is 3.00. The Kier molecular flexibility index (Phi) is 3.15. The van der Waals surface area contributed by atoms with Gasteiger partial charge in [0.05, 0.1) is 0 Å². The number of hydrogen-bond acceptors (Lipinski definition) is 1. The molecule has 0 aliphatic heterocycles. The Bertz CT molecular complexity index is 439. The lowest BCUT2D eigenvalue weighted by molar-refractivity contribution is 0.366. The second kappa shape index (κ2) is 4.45. The third kappa shape index (κ3) is 2.82. The van der Waals surface area contributed by atoms with Crippen molar-refractivity contribution in [3.8, 4) is 12.3 Å². The van der Waals surface area contributed by atoms with Crippen molar-refractivity contribution >= 4 is 5.69 Å². The molecule has 1 N–H and O–H groups in total. The van der Waals surface area contributed by atoms with Crippen molar-refractivity contribution in [3.63, 3.8) is 0 Å². The molecule has 0 bridgehead atoms. The van der Waals surface area contributed by atoms with Crippen LogP contribution in [-0.4, -0.2) is 6.04 Å². The van der Waals surface area contributed by atoms with Crippen LogP contribution in [0.4, 0.5) is 5.69 Å². The fraction of sp³-hybridized carbons (Fsp3) is 0.500. The van der Waals surface area contributed by atoms with Crippen LogP contribution in [0, 0.1) is 23.7 Å². The zero-order valence-corrected chi connectivity index (χ0v) is 11.0. The first kappa shape index (κ1) is 12.0. The third-order valence-electron chi connectivity index (χ3n) is 3.72. The van der Waals surface area contributed by atoms with Gasteiger partial charge in [0, 0.05) is 17.3 Å². The smallest absolute Gasteiger partial charge is 0.0354 e. The van der Waals surface area contributed by atoms with E-state index in [0.717, 1.165) is 17.2 Å². The summed E-state index contributed by atoms with van der Waals surface area (Å²) in [6.45, 7) is 7.03. The molecule has 1 nitrogen and oxygen atoms in total. The highest BCUT2D eigenvalue weighted by molar-refractivity contribution is 5.50. The molecule has 90 valence electrons. The Morgan fingerprint density at radius 1 is 1.35 bits per heavy atom. The second-order valence-electron chi connectivity index (χ2n) is 6.03. The lowest BCUT2D eigenvalue weighted by Crippen LogP contribution is -2.22. The van der Waals surface area contributed by atoms with Gasteiger partial charge in [0.25, 0.3) is 0 Å². The van der Waals surface area contributed by atoms with E-state index in [2.05, 4.69) is 44.1 Å². The molecule has 0 saturated heterocycles. The Hall–Kier alpha value is -1.42. The highest BCUT2D eigenvalue weighted by Gasteiger charge is 2.36. The average molecular weight is 227 g/mol. The van der Waals surface area contributed by atoms with E-state index in [1.165, 1.54) is 12.8 Å². The minimum Gasteiger partial charge on any atom is -0.382 e. The summed E-state index contributed by atoms with van der Waals surface area (Å²) < 4.78 is 0. The molecule has 2 rings (SSSR count). The lowest BCUT2D eigenvalue weighted by Gasteiger charge is -2.20. The van der Waals surface area contributed by atoms with Crippen LogP contribution in [0.25, 0.3) is 0 Å². The largest absolute Gasteiger partial charge is 0.382 e. The van der Waals surface area contributed by atoms with E-state index in [4.69, 9.17) is 6.42 Å². The molecule has 1 aromatic carbocycles. The maximum atomic E-state index is 5.42. The fourth-order valence-corrected chi connectivity index (χ4v) is 3.00. The number of nitrogens with one attached hydrogen (secondary N) is 1. The molecule has 2 unspecified atom stereocenters. The Balaban J connectivity index is 2.09. The zero-order chi connectivity index (χ0) is 12.5. The zero-order valence-electron chi connectivity index (χ0n) is 11.0. The summed E-state index contributed by atoms with van der Waals surface area (Å²) in [4.78, 5) is 0. The molecule has 0 radical (unpaired) electrons. The van der Waals surface area contributed by atoms with Crippen molar-refractivity contribution in [2.24, 2.45) is 11.3 Å². The van der Waals surface area contributed by atoms with E-state index in [1.54, 1.807) is 0 Å². The van der Waals surface area contributed by atoms with Crippen LogP contribution in [0.5, 0.6) is 0 Å². The van der Waals surface area contributed by atoms with E-state index >= 15 is 0 Å². The highest BCUT2D eigenvalue weighted by Crippen LogP contribution is 2.42. The molecule has 1 aliphatic carbocycles. The molecule has 0 amide bonds. The van der Waals surface area contributed by atoms with Crippen molar-refractivity contribution < 1.29 is 0 Å². The topological polar surface area (TPSA) is 12.0 Å². The molecule has 1 aromatic rings. The number of hydrogen-bond donors (Lipinski definition) is 1. The molecule has 1 aliphatic rings. The average Bonchev–Trinajstić information content (AvgIpc) is 2.52. The third-order valence-corrected chi connectivity index (χ3v) is 3.72. The summed E-state index contributed by atoms with van der Waals surface area (Å²) in [6.07, 6.45) is 7.94. The van der Waals surface area contributed by atoms with Gasteiger partial charge in [-0.25, -0.2) is 0 Å². The van der Waals surface area contributed by atoms with E-state index < -0.39 is 0 Å². The lowest BCUT2D eigenvalue weighted by atomic mass is 9.91. The van der Waals surface area contributed by atoms with Gasteiger partial charge in [-0.15, -0.1) is 6.42 Å². The van der Waals surface area contributed by atoms with Crippen LogP contribution in [0.15, 0.2) is 24.3 Å². The first-order valence-corrected chi connectivity index (χ1v) is 6.33. The number of benzene rings is 1. The summed E-state index contributed by atoms with van der Waals surface area (Å²) in [6, 6.07) is 8.70. The van der Waals surface area contributed by atoms with Gasteiger partial charge >= 0.3 is 0 Å². The molecule has 17 heavy (non-hydrogen) atoms. The van der Waals surface area contributed by atoms with Crippen molar-refractivity contribution in [2.75, 3.05) is 5.32 Å². The minimum atomic E-state index is 0.459. The normalized spacial score (nSPS) is 26.5. The summed E-state index contributed by atoms with van der Waals surface area (Å²) in [7, 11) is 0. The number of terminal acetylenes is 1. The number of anilines is 1. The molecule has 2 atom stereocenters. The van der Waals surface area contributed by atoms with Gasteiger partial charge in [0.15, 0.2) is 0 Å². The maximum absolute atomic E-state index is 5.42. The van der Waals surface area contributed by atoms with Gasteiger partial charge < -0.3 is 5.32 Å². The van der Waals surface area contributed by atoms with Crippen LogP contribution >= 0.6 is 0 Å². The first-order chi connectivity index (χ1) is 8.00. The summed E-state index contributed by atoms with van der Waals surface area (Å²) in [5, 5.41) is 3.63. The van der Waals surface area contributed by atoms with Gasteiger partial charge in [-0.05, 0) is 42.4 Å². The molecule has 1 saturated carbocycles. The molecule has 0 spiro atoms. The molecular weight excluding hydrogens is 206 g/mol. The van der Waals surface area contributed by atoms with E-state index in [1.807, 2.05) is 12.1 Å². The van der Waals surface area contributed by atoms with Crippen molar-refractivity contribution in [1.29, 1.82) is 0 Å². The summed E-state index contributed by atoms with van der Waals surface area (Å²) in [5.41, 5.74) is 2.55. The van der Waals surface area contributed by atoms with Gasteiger partial charge in [-0.2, -0.15) is 0 Å². The maximum Gasteiger partial charge on any atom is 0.0354 e. The second-order valence-corrected chi connectivity index (χ2v) is 6.03. The van der Waals surface area contributed by atoms with Gasteiger partial charge in [-0.1, -0.05) is 32.8 Å². The molecular formula is C16H21N. The predicted octanol–water partition coefficient (Wildman–Crippen LogP) is 3.90. The van der Waals surface area contributed by atoms with Crippen LogP contribution in [0.2, 0.25) is 0 Å². The molecule has 1 heteroatoms. The van der Waals surface area contributed by atoms with Crippen molar-refractivity contribution in [2.45, 2.75) is 39.7 Å². The molecule has 0 aromatic heterocycles. The van der Waals surface area contributed by atoms with Crippen molar-refractivity contribution in [3.05, 3.63) is 29.8 Å². The van der Waals surface area contributed by atoms with Gasteiger partial charge in [-0.3, -0.25) is 0 Å². The molecule has 1 fully saturated rings. The monoisotopic (exact) mass is 227 g/mol. The Morgan fingerprint density at radius 3 is 2.71 bits per heavy atom. The SMILES string of the molecule is C#Cc1cccc(NC2CC(C)(C)CC2C)c1. The minimum absolute atomic E-state index is 0.459. The van der Waals surface area contributed by atoms with Crippen molar-refractivity contribution in [1.82, 2.24) is 0 Å². The summed E-state index contributed by atoms with van der Waals surface area (Å²) >= 11 is 0. The van der Waals surface area contributed by atoms with Crippen LogP contribution < -0.4 is 5.32 Å². The Morgan fingerprint density at radius 2 is 2.12 bits per heavy atom. The van der Waals surface area contributed by atoms with Gasteiger partial charge in [0.2, 0.25) is 0 Å². The van der Waals surface area contributed by atoms with Gasteiger partial charge in [0.1, 0.15) is 0 Å². The highest BCUT2D eigenvalue weighted by atomic mass is 14.9. The Labute approximate surface area is 105 Å². The predicted molar refractivity (Wildman–Crippen MR) is 74.0 cm³/mol. The van der Waals surface area contributed by atoms with Crippen LogP contribution in [0.1, 0.15) is 39.2 Å². The van der Waals surface area contributed by atoms with Crippen LogP contribution in [-0.2, 0) is 0 Å². The van der Waals surface area contributed by atoms with E-state index in [9.17, 15) is 0 Å². The summed E-state index contributed by atoms with van der Waals surface area (Å²) in [5.74, 6) is 3.40. The first-order valence-electron chi connectivity index (χ1n) is 6.33. The number of rotatable bonds is 2. The van der Waals surface area contributed by atoms with E-state index in [0.29, 0.717) is 11.5 Å².